The van der Waals surface area contributed by atoms with E-state index in [0.717, 1.165) is 27.6 Å². The first-order chi connectivity index (χ1) is 10.1. The fourth-order valence-corrected chi connectivity index (χ4v) is 2.86. The Hall–Kier alpha value is -1.81. The largest absolute Gasteiger partial charge is 0.373 e. The fraction of sp³-hybridized carbons (Fsp3) is 0.176. The average Bonchev–Trinajstić information content (AvgIpc) is 2.48. The van der Waals surface area contributed by atoms with Crippen molar-refractivity contribution >= 4 is 28.1 Å². The predicted octanol–water partition coefficient (Wildman–Crippen LogP) is 3.06. The van der Waals surface area contributed by atoms with Gasteiger partial charge in [-0.2, -0.15) is 0 Å². The molecule has 1 heterocycles. The molecular weight excluding hydrogens is 286 g/mol. The summed E-state index contributed by atoms with van der Waals surface area (Å²) in [6.45, 7) is 1.97. The van der Waals surface area contributed by atoms with Gasteiger partial charge >= 0.3 is 0 Å². The van der Waals surface area contributed by atoms with Gasteiger partial charge in [0, 0.05) is 11.3 Å². The highest BCUT2D eigenvalue weighted by Gasteiger charge is 2.22. The molecule has 2 aromatic carbocycles. The Morgan fingerprint density at radius 1 is 1.14 bits per heavy atom. The number of benzene rings is 2. The fourth-order valence-electron chi connectivity index (χ4n) is 2.60. The molecule has 3 rings (SSSR count). The zero-order valence-corrected chi connectivity index (χ0v) is 12.3. The lowest BCUT2D eigenvalue weighted by Gasteiger charge is -2.26. The van der Waals surface area contributed by atoms with E-state index in [0.29, 0.717) is 5.02 Å². The van der Waals surface area contributed by atoms with Crippen molar-refractivity contribution in [2.24, 2.45) is 0 Å². The standard InChI is InChI=1S/C17H16ClNO2/c1-10-6-9-14(17(20)21)19-16(10)15-12-5-3-2-4-11(12)7-8-13(15)18/h2-9,14,17,19-21H,1H3. The van der Waals surface area contributed by atoms with Crippen LogP contribution >= 0.6 is 11.6 Å². The lowest BCUT2D eigenvalue weighted by molar-refractivity contribution is -0.0525. The van der Waals surface area contributed by atoms with Gasteiger partial charge in [0.15, 0.2) is 6.29 Å². The number of hydrogen-bond donors (Lipinski definition) is 3. The smallest absolute Gasteiger partial charge is 0.175 e. The van der Waals surface area contributed by atoms with Gasteiger partial charge in [-0.3, -0.25) is 0 Å². The third-order valence-electron chi connectivity index (χ3n) is 3.71. The van der Waals surface area contributed by atoms with Crippen molar-refractivity contribution in [3.8, 4) is 0 Å². The van der Waals surface area contributed by atoms with Crippen LogP contribution in [0.5, 0.6) is 0 Å². The second kappa shape index (κ2) is 5.53. The summed E-state index contributed by atoms with van der Waals surface area (Å²) in [7, 11) is 0. The molecule has 0 spiro atoms. The number of hydrogen-bond acceptors (Lipinski definition) is 3. The van der Waals surface area contributed by atoms with Crippen molar-refractivity contribution in [1.82, 2.24) is 5.32 Å². The molecule has 1 unspecified atom stereocenters. The molecule has 0 bridgehead atoms. The van der Waals surface area contributed by atoms with Crippen molar-refractivity contribution in [3.05, 3.63) is 64.7 Å². The van der Waals surface area contributed by atoms with Gasteiger partial charge in [0.05, 0.1) is 11.1 Å². The molecule has 4 heteroatoms. The first-order valence-corrected chi connectivity index (χ1v) is 7.15. The maximum Gasteiger partial charge on any atom is 0.175 e. The first-order valence-electron chi connectivity index (χ1n) is 6.77. The number of halogens is 1. The second-order valence-electron chi connectivity index (χ2n) is 5.14. The number of nitrogens with one attached hydrogen (secondary N) is 1. The van der Waals surface area contributed by atoms with Crippen LogP contribution in [0.4, 0.5) is 0 Å². The minimum Gasteiger partial charge on any atom is -0.373 e. The third kappa shape index (κ3) is 2.56. The van der Waals surface area contributed by atoms with Crippen molar-refractivity contribution in [2.75, 3.05) is 0 Å². The van der Waals surface area contributed by atoms with Crippen LogP contribution in [0.15, 0.2) is 54.1 Å². The van der Waals surface area contributed by atoms with Crippen molar-refractivity contribution in [3.63, 3.8) is 0 Å². The molecule has 3 N–H and O–H groups in total. The van der Waals surface area contributed by atoms with Crippen LogP contribution < -0.4 is 5.32 Å². The number of dihydropyridines is 1. The maximum atomic E-state index is 9.40. The molecule has 21 heavy (non-hydrogen) atoms. The molecule has 0 fully saturated rings. The molecule has 0 radical (unpaired) electrons. The van der Waals surface area contributed by atoms with Crippen molar-refractivity contribution < 1.29 is 10.2 Å². The zero-order valence-electron chi connectivity index (χ0n) is 11.5. The summed E-state index contributed by atoms with van der Waals surface area (Å²) in [5.74, 6) is 0. The number of aliphatic hydroxyl groups is 2. The summed E-state index contributed by atoms with van der Waals surface area (Å²) in [4.78, 5) is 0. The van der Waals surface area contributed by atoms with Gasteiger partial charge in [0.25, 0.3) is 0 Å². The average molecular weight is 302 g/mol. The number of rotatable bonds is 2. The highest BCUT2D eigenvalue weighted by atomic mass is 35.5. The summed E-state index contributed by atoms with van der Waals surface area (Å²) in [5, 5.41) is 24.7. The van der Waals surface area contributed by atoms with Gasteiger partial charge in [-0.05, 0) is 29.3 Å². The van der Waals surface area contributed by atoms with Crippen LogP contribution in [0.2, 0.25) is 5.02 Å². The SMILES string of the molecule is CC1=C(c2c(Cl)ccc3ccccc23)NC(C(O)O)C=C1. The Morgan fingerprint density at radius 3 is 2.67 bits per heavy atom. The van der Waals surface area contributed by atoms with Crippen LogP contribution in [0.3, 0.4) is 0 Å². The molecule has 2 aromatic rings. The molecule has 108 valence electrons. The van der Waals surface area contributed by atoms with E-state index < -0.39 is 12.3 Å². The number of fused-ring (bicyclic) bond motifs is 1. The molecule has 0 aliphatic carbocycles. The van der Waals surface area contributed by atoms with Crippen molar-refractivity contribution in [2.45, 2.75) is 19.3 Å². The maximum absolute atomic E-state index is 9.40. The molecule has 1 atom stereocenters. The van der Waals surface area contributed by atoms with E-state index in [2.05, 4.69) is 5.32 Å². The molecule has 1 aliphatic rings. The van der Waals surface area contributed by atoms with E-state index in [4.69, 9.17) is 11.6 Å². The van der Waals surface area contributed by atoms with E-state index in [-0.39, 0.29) is 0 Å². The summed E-state index contributed by atoms with van der Waals surface area (Å²) < 4.78 is 0. The molecule has 3 nitrogen and oxygen atoms in total. The first kappa shape index (κ1) is 14.1. The topological polar surface area (TPSA) is 52.5 Å². The Balaban J connectivity index is 2.20. The van der Waals surface area contributed by atoms with Gasteiger partial charge < -0.3 is 15.5 Å². The second-order valence-corrected chi connectivity index (χ2v) is 5.55. The van der Waals surface area contributed by atoms with Gasteiger partial charge in [-0.1, -0.05) is 54.1 Å². The summed E-state index contributed by atoms with van der Waals surface area (Å²) >= 11 is 6.41. The van der Waals surface area contributed by atoms with Crippen LogP contribution in [0, 0.1) is 0 Å². The van der Waals surface area contributed by atoms with E-state index in [1.165, 1.54) is 0 Å². The van der Waals surface area contributed by atoms with E-state index in [1.807, 2.05) is 49.4 Å². The quantitative estimate of drug-likeness (QED) is 0.747. The Bertz CT molecular complexity index is 750. The van der Waals surface area contributed by atoms with Crippen LogP contribution in [-0.2, 0) is 0 Å². The summed E-state index contributed by atoms with van der Waals surface area (Å²) in [5.41, 5.74) is 2.73. The lowest BCUT2D eigenvalue weighted by Crippen LogP contribution is -2.39. The number of allylic oxidation sites excluding steroid dienone is 2. The highest BCUT2D eigenvalue weighted by molar-refractivity contribution is 6.33. The van der Waals surface area contributed by atoms with E-state index in [9.17, 15) is 10.2 Å². The molecule has 0 aromatic heterocycles. The third-order valence-corrected chi connectivity index (χ3v) is 4.02. The van der Waals surface area contributed by atoms with Gasteiger partial charge in [0.1, 0.15) is 0 Å². The van der Waals surface area contributed by atoms with E-state index in [1.54, 1.807) is 6.08 Å². The Labute approximate surface area is 128 Å². The zero-order chi connectivity index (χ0) is 15.0. The molecular formula is C17H16ClNO2. The molecule has 0 saturated heterocycles. The summed E-state index contributed by atoms with van der Waals surface area (Å²) in [6, 6.07) is 11.3. The van der Waals surface area contributed by atoms with Gasteiger partial charge in [-0.25, -0.2) is 0 Å². The monoisotopic (exact) mass is 301 g/mol. The molecule has 1 aliphatic heterocycles. The van der Waals surface area contributed by atoms with Gasteiger partial charge in [0.2, 0.25) is 0 Å². The van der Waals surface area contributed by atoms with Crippen LogP contribution in [0.1, 0.15) is 12.5 Å². The van der Waals surface area contributed by atoms with Crippen LogP contribution in [0.25, 0.3) is 16.5 Å². The van der Waals surface area contributed by atoms with Gasteiger partial charge in [-0.15, -0.1) is 0 Å². The minimum absolute atomic E-state index is 0.543. The van der Waals surface area contributed by atoms with Crippen LogP contribution in [-0.4, -0.2) is 22.5 Å². The summed E-state index contributed by atoms with van der Waals surface area (Å²) in [6.07, 6.45) is 2.16. The highest BCUT2D eigenvalue weighted by Crippen LogP contribution is 2.34. The molecule has 0 amide bonds. The van der Waals surface area contributed by atoms with Crippen molar-refractivity contribution in [1.29, 1.82) is 0 Å². The Morgan fingerprint density at radius 2 is 1.90 bits per heavy atom. The minimum atomic E-state index is -1.46. The normalized spacial score (nSPS) is 18.4. The Kier molecular flexibility index (Phi) is 3.72. The molecule has 0 saturated carbocycles. The van der Waals surface area contributed by atoms with E-state index >= 15 is 0 Å². The number of aliphatic hydroxyl groups excluding tert-OH is 1. The lowest BCUT2D eigenvalue weighted by atomic mass is 9.96. The predicted molar refractivity (Wildman–Crippen MR) is 85.8 cm³/mol.